The quantitative estimate of drug-likeness (QED) is 0.780. The Kier molecular flexibility index (Phi) is 4.50. The number of guanidine groups is 1. The molecule has 1 aromatic carbocycles. The second-order valence-corrected chi connectivity index (χ2v) is 7.58. The molecule has 0 fully saturated rings. The lowest BCUT2D eigenvalue weighted by Crippen LogP contribution is -2.55. The molecule has 0 bridgehead atoms. The molecule has 0 unspecified atom stereocenters. The Morgan fingerprint density at radius 3 is 2.71 bits per heavy atom. The number of aryl methyl sites for hydroxylation is 1. The lowest BCUT2D eigenvalue weighted by molar-refractivity contribution is -0.411. The molecule has 0 aliphatic carbocycles. The molecule has 0 spiro atoms. The summed E-state index contributed by atoms with van der Waals surface area (Å²) in [6, 6.07) is 10.5. The zero-order chi connectivity index (χ0) is 17.2. The summed E-state index contributed by atoms with van der Waals surface area (Å²) in [6.07, 6.45) is 3.47. The summed E-state index contributed by atoms with van der Waals surface area (Å²) in [4.78, 5) is 6.25. The first kappa shape index (κ1) is 16.4. The van der Waals surface area contributed by atoms with Crippen molar-refractivity contribution in [2.75, 3.05) is 13.3 Å². The maximum atomic E-state index is 12.9. The highest BCUT2D eigenvalue weighted by molar-refractivity contribution is 7.85. The zero-order valence-corrected chi connectivity index (χ0v) is 14.2. The van der Waals surface area contributed by atoms with Gasteiger partial charge in [-0.2, -0.15) is 8.42 Å². The third kappa shape index (κ3) is 3.39. The molecule has 2 aromatic rings. The lowest BCUT2D eigenvalue weighted by atomic mass is 10.2. The van der Waals surface area contributed by atoms with Crippen LogP contribution in [0.3, 0.4) is 0 Å². The van der Waals surface area contributed by atoms with Crippen molar-refractivity contribution in [1.82, 2.24) is 15.2 Å². The number of hydrogen-bond acceptors (Lipinski definition) is 6. The molecule has 0 amide bonds. The van der Waals surface area contributed by atoms with Crippen LogP contribution in [0.2, 0.25) is 0 Å². The maximum Gasteiger partial charge on any atom is 0.360 e. The summed E-state index contributed by atoms with van der Waals surface area (Å²) < 4.78 is 26.9. The largest absolute Gasteiger partial charge is 0.360 e. The lowest BCUT2D eigenvalue weighted by Gasteiger charge is -2.26. The zero-order valence-electron chi connectivity index (χ0n) is 13.4. The van der Waals surface area contributed by atoms with E-state index in [4.69, 9.17) is 5.73 Å². The molecule has 0 saturated heterocycles. The SMILES string of the molecule is Cc1ccc(S(=O)(=O)[N+]2=C(N)NCN(Cc3cccnc3)C2)cc1. The number of sulfonamides is 1. The van der Waals surface area contributed by atoms with E-state index in [0.29, 0.717) is 13.2 Å². The van der Waals surface area contributed by atoms with Crippen molar-refractivity contribution in [3.63, 3.8) is 0 Å². The van der Waals surface area contributed by atoms with Crippen molar-refractivity contribution in [3.8, 4) is 0 Å². The summed E-state index contributed by atoms with van der Waals surface area (Å²) in [5.74, 6) is 0.137. The Morgan fingerprint density at radius 2 is 2.04 bits per heavy atom. The van der Waals surface area contributed by atoms with E-state index >= 15 is 0 Å². The fraction of sp³-hybridized carbons (Fsp3) is 0.250. The van der Waals surface area contributed by atoms with E-state index in [1.807, 2.05) is 24.0 Å². The van der Waals surface area contributed by atoms with Gasteiger partial charge in [0.05, 0.1) is 0 Å². The van der Waals surface area contributed by atoms with Gasteiger partial charge in [0.25, 0.3) is 0 Å². The minimum atomic E-state index is -3.70. The number of rotatable bonds is 4. The molecular formula is C16H20N5O2S+. The number of benzene rings is 1. The molecule has 3 rings (SSSR count). The fourth-order valence-corrected chi connectivity index (χ4v) is 3.86. The van der Waals surface area contributed by atoms with E-state index in [0.717, 1.165) is 11.1 Å². The second kappa shape index (κ2) is 6.58. The van der Waals surface area contributed by atoms with Crippen LogP contribution in [0.15, 0.2) is 53.7 Å². The van der Waals surface area contributed by atoms with Gasteiger partial charge < -0.3 is 0 Å². The van der Waals surface area contributed by atoms with E-state index in [9.17, 15) is 8.42 Å². The van der Waals surface area contributed by atoms with Crippen LogP contribution in [0.25, 0.3) is 0 Å². The summed E-state index contributed by atoms with van der Waals surface area (Å²) >= 11 is 0. The first-order chi connectivity index (χ1) is 11.5. The number of hydrogen-bond donors (Lipinski definition) is 2. The first-order valence-electron chi connectivity index (χ1n) is 7.54. The summed E-state index contributed by atoms with van der Waals surface area (Å²) in [5.41, 5.74) is 7.91. The Balaban J connectivity index is 1.84. The molecular weight excluding hydrogens is 326 g/mol. The Bertz CT molecular complexity index is 848. The highest BCUT2D eigenvalue weighted by Crippen LogP contribution is 2.15. The van der Waals surface area contributed by atoms with Crippen molar-refractivity contribution in [1.29, 1.82) is 0 Å². The number of nitrogens with one attached hydrogen (secondary N) is 1. The van der Waals surface area contributed by atoms with Crippen molar-refractivity contribution in [2.24, 2.45) is 5.73 Å². The molecule has 8 heteroatoms. The van der Waals surface area contributed by atoms with Gasteiger partial charge in [-0.15, -0.1) is 3.98 Å². The molecule has 2 heterocycles. The van der Waals surface area contributed by atoms with Crippen LogP contribution in [-0.2, 0) is 16.6 Å². The van der Waals surface area contributed by atoms with E-state index in [1.54, 1.807) is 36.7 Å². The third-order valence-electron chi connectivity index (χ3n) is 3.82. The molecule has 0 atom stereocenters. The number of nitrogens with two attached hydrogens (primary N) is 1. The minimum absolute atomic E-state index is 0.137. The summed E-state index contributed by atoms with van der Waals surface area (Å²) in [7, 11) is -3.70. The molecule has 1 aliphatic rings. The van der Waals surface area contributed by atoms with Gasteiger partial charge in [0.2, 0.25) is 0 Å². The van der Waals surface area contributed by atoms with Crippen LogP contribution in [0.1, 0.15) is 11.1 Å². The van der Waals surface area contributed by atoms with Gasteiger partial charge in [0, 0.05) is 18.9 Å². The topological polar surface area (TPSA) is 91.3 Å². The van der Waals surface area contributed by atoms with Crippen LogP contribution in [0, 0.1) is 6.92 Å². The molecule has 0 saturated carbocycles. The Hall–Kier alpha value is -2.45. The van der Waals surface area contributed by atoms with Crippen LogP contribution in [0.4, 0.5) is 0 Å². The molecule has 24 heavy (non-hydrogen) atoms. The van der Waals surface area contributed by atoms with Crippen LogP contribution in [0.5, 0.6) is 0 Å². The normalized spacial score (nSPS) is 16.0. The van der Waals surface area contributed by atoms with E-state index in [1.165, 1.54) is 3.98 Å². The predicted molar refractivity (Wildman–Crippen MR) is 90.5 cm³/mol. The van der Waals surface area contributed by atoms with Gasteiger partial charge in [0.1, 0.15) is 18.2 Å². The van der Waals surface area contributed by atoms with Gasteiger partial charge in [-0.25, -0.2) is 4.90 Å². The smallest absolute Gasteiger partial charge is 0.290 e. The van der Waals surface area contributed by atoms with E-state index in [-0.39, 0.29) is 17.5 Å². The summed E-state index contributed by atoms with van der Waals surface area (Å²) in [5, 5.41) is 2.94. The van der Waals surface area contributed by atoms with Gasteiger partial charge >= 0.3 is 16.0 Å². The van der Waals surface area contributed by atoms with Crippen LogP contribution >= 0.6 is 0 Å². The van der Waals surface area contributed by atoms with Gasteiger partial charge in [0.15, 0.2) is 0 Å². The maximum absolute atomic E-state index is 12.9. The molecule has 0 radical (unpaired) electrons. The van der Waals surface area contributed by atoms with Crippen LogP contribution in [-0.4, -0.2) is 41.6 Å². The first-order valence-corrected chi connectivity index (χ1v) is 8.98. The second-order valence-electron chi connectivity index (χ2n) is 5.72. The van der Waals surface area contributed by atoms with Gasteiger partial charge in [-0.05, 0) is 30.7 Å². The highest BCUT2D eigenvalue weighted by atomic mass is 32.2. The molecule has 126 valence electrons. The summed E-state index contributed by atoms with van der Waals surface area (Å²) in [6.45, 7) is 3.15. The monoisotopic (exact) mass is 346 g/mol. The Labute approximate surface area is 141 Å². The standard InChI is InChI=1S/C16H19N5O2S/c1-13-4-6-15(7-5-13)24(22,23)21-12-20(11-19-16(21)17)10-14-3-2-8-18-9-14/h2-9H,10-12H2,1H3,(H2,17,19)/p+1. The third-order valence-corrected chi connectivity index (χ3v) is 5.58. The molecule has 7 nitrogen and oxygen atoms in total. The number of pyridine rings is 1. The van der Waals surface area contributed by atoms with Crippen molar-refractivity contribution < 1.29 is 12.4 Å². The molecule has 1 aliphatic heterocycles. The highest BCUT2D eigenvalue weighted by Gasteiger charge is 2.31. The fourth-order valence-electron chi connectivity index (χ4n) is 2.49. The van der Waals surface area contributed by atoms with Gasteiger partial charge in [-0.1, -0.05) is 23.8 Å². The van der Waals surface area contributed by atoms with Crippen molar-refractivity contribution in [3.05, 3.63) is 59.9 Å². The van der Waals surface area contributed by atoms with E-state index < -0.39 is 10.0 Å². The van der Waals surface area contributed by atoms with E-state index in [2.05, 4.69) is 10.3 Å². The Morgan fingerprint density at radius 1 is 1.29 bits per heavy atom. The average molecular weight is 346 g/mol. The van der Waals surface area contributed by atoms with Crippen molar-refractivity contribution >= 4 is 16.0 Å². The molecule has 1 aromatic heterocycles. The molecule has 3 N–H and O–H groups in total. The average Bonchev–Trinajstić information content (AvgIpc) is 2.58. The number of aromatic nitrogens is 1. The van der Waals surface area contributed by atoms with Crippen molar-refractivity contribution in [2.45, 2.75) is 18.4 Å². The van der Waals surface area contributed by atoms with Gasteiger partial charge in [-0.3, -0.25) is 16.0 Å². The number of nitrogens with zero attached hydrogens (tertiary/aromatic N) is 3. The predicted octanol–water partition coefficient (Wildman–Crippen LogP) is 0.426. The van der Waals surface area contributed by atoms with Crippen LogP contribution < -0.4 is 11.1 Å². The minimum Gasteiger partial charge on any atom is -0.290 e.